The molecule has 0 aromatic heterocycles. The highest BCUT2D eigenvalue weighted by Gasteiger charge is 2.04. The van der Waals surface area contributed by atoms with Crippen LogP contribution in [-0.2, 0) is 9.53 Å². The molecule has 0 heterocycles. The molecule has 0 aliphatic carbocycles. The van der Waals surface area contributed by atoms with E-state index in [4.69, 9.17) is 0 Å². The largest absolute Gasteiger partial charge is 0.465 e. The highest BCUT2D eigenvalue weighted by molar-refractivity contribution is 6.02. The molecule has 0 unspecified atom stereocenters. The number of rotatable bonds is 4. The van der Waals surface area contributed by atoms with Gasteiger partial charge in [-0.1, -0.05) is 30.3 Å². The van der Waals surface area contributed by atoms with E-state index in [1.165, 1.54) is 13.2 Å². The molecule has 0 spiro atoms. The van der Waals surface area contributed by atoms with Crippen molar-refractivity contribution in [2.75, 3.05) is 12.4 Å². The molecule has 0 atom stereocenters. The summed E-state index contributed by atoms with van der Waals surface area (Å²) in [5.41, 5.74) is 2.01. The molecule has 2 aromatic carbocycles. The molecule has 4 heteroatoms. The van der Waals surface area contributed by atoms with Crippen LogP contribution in [0.4, 0.5) is 5.69 Å². The fourth-order valence-electron chi connectivity index (χ4n) is 1.73. The summed E-state index contributed by atoms with van der Waals surface area (Å²) < 4.78 is 4.61. The topological polar surface area (TPSA) is 55.4 Å². The minimum Gasteiger partial charge on any atom is -0.465 e. The molecule has 4 nitrogen and oxygen atoms in total. The van der Waals surface area contributed by atoms with E-state index >= 15 is 0 Å². The Morgan fingerprint density at radius 3 is 2.29 bits per heavy atom. The molecule has 2 aromatic rings. The van der Waals surface area contributed by atoms with Crippen LogP contribution >= 0.6 is 0 Å². The normalized spacial score (nSPS) is 10.3. The zero-order chi connectivity index (χ0) is 15.1. The molecule has 2 rings (SSSR count). The first-order chi connectivity index (χ1) is 10.2. The number of anilines is 1. The molecular formula is C17H15NO3. The second-order valence-corrected chi connectivity index (χ2v) is 4.30. The van der Waals surface area contributed by atoms with Gasteiger partial charge in [0.1, 0.15) is 0 Å². The van der Waals surface area contributed by atoms with Gasteiger partial charge < -0.3 is 10.1 Å². The smallest absolute Gasteiger partial charge is 0.337 e. The Labute approximate surface area is 123 Å². The summed E-state index contributed by atoms with van der Waals surface area (Å²) >= 11 is 0. The molecule has 0 fully saturated rings. The minimum atomic E-state index is -0.406. The van der Waals surface area contributed by atoms with Gasteiger partial charge in [0, 0.05) is 11.8 Å². The van der Waals surface area contributed by atoms with Gasteiger partial charge in [0.05, 0.1) is 12.7 Å². The van der Waals surface area contributed by atoms with Crippen molar-refractivity contribution in [2.45, 2.75) is 0 Å². The molecule has 1 N–H and O–H groups in total. The standard InChI is InChI=1S/C17H15NO3/c1-21-17(20)14-8-10-15(11-9-14)18-16(19)12-7-13-5-3-2-4-6-13/h2-12H,1H3,(H,18,19)/b12-7+. The van der Waals surface area contributed by atoms with Gasteiger partial charge in [-0.2, -0.15) is 0 Å². The molecule has 0 aliphatic rings. The predicted molar refractivity (Wildman–Crippen MR) is 81.9 cm³/mol. The van der Waals surface area contributed by atoms with Gasteiger partial charge in [-0.25, -0.2) is 4.79 Å². The minimum absolute atomic E-state index is 0.232. The number of esters is 1. The van der Waals surface area contributed by atoms with Crippen LogP contribution in [0.5, 0.6) is 0 Å². The van der Waals surface area contributed by atoms with Gasteiger partial charge in [0.25, 0.3) is 0 Å². The van der Waals surface area contributed by atoms with Crippen LogP contribution in [0.1, 0.15) is 15.9 Å². The summed E-state index contributed by atoms with van der Waals surface area (Å²) in [7, 11) is 1.33. The Kier molecular flexibility index (Phi) is 4.88. The quantitative estimate of drug-likeness (QED) is 0.692. The second kappa shape index (κ2) is 7.05. The van der Waals surface area contributed by atoms with Crippen LogP contribution in [0.3, 0.4) is 0 Å². The maximum atomic E-state index is 11.8. The number of ether oxygens (including phenoxy) is 1. The lowest BCUT2D eigenvalue weighted by Gasteiger charge is -2.03. The van der Waals surface area contributed by atoms with Crippen LogP contribution in [-0.4, -0.2) is 19.0 Å². The Balaban J connectivity index is 1.97. The number of benzene rings is 2. The van der Waals surface area contributed by atoms with E-state index in [9.17, 15) is 9.59 Å². The number of carbonyl (C=O) groups is 2. The highest BCUT2D eigenvalue weighted by atomic mass is 16.5. The van der Waals surface area contributed by atoms with Crippen molar-refractivity contribution in [3.05, 3.63) is 71.8 Å². The second-order valence-electron chi connectivity index (χ2n) is 4.30. The molecule has 0 radical (unpaired) electrons. The van der Waals surface area contributed by atoms with Crippen molar-refractivity contribution < 1.29 is 14.3 Å². The Morgan fingerprint density at radius 1 is 1.00 bits per heavy atom. The van der Waals surface area contributed by atoms with Crippen molar-refractivity contribution in [3.63, 3.8) is 0 Å². The van der Waals surface area contributed by atoms with Gasteiger partial charge in [-0.05, 0) is 35.9 Å². The van der Waals surface area contributed by atoms with E-state index in [2.05, 4.69) is 10.1 Å². The summed E-state index contributed by atoms with van der Waals surface area (Å²) in [4.78, 5) is 23.1. The summed E-state index contributed by atoms with van der Waals surface area (Å²) in [5, 5.41) is 2.72. The highest BCUT2D eigenvalue weighted by Crippen LogP contribution is 2.10. The third-order valence-electron chi connectivity index (χ3n) is 2.80. The monoisotopic (exact) mass is 281 g/mol. The van der Waals surface area contributed by atoms with Crippen LogP contribution in [0.15, 0.2) is 60.7 Å². The first-order valence-electron chi connectivity index (χ1n) is 6.41. The van der Waals surface area contributed by atoms with Crippen molar-refractivity contribution in [2.24, 2.45) is 0 Å². The predicted octanol–water partition coefficient (Wildman–Crippen LogP) is 3.13. The van der Waals surface area contributed by atoms with E-state index in [1.807, 2.05) is 30.3 Å². The molecule has 0 saturated carbocycles. The average molecular weight is 281 g/mol. The first kappa shape index (κ1) is 14.5. The zero-order valence-corrected chi connectivity index (χ0v) is 11.6. The fourth-order valence-corrected chi connectivity index (χ4v) is 1.73. The Morgan fingerprint density at radius 2 is 1.67 bits per heavy atom. The summed E-state index contributed by atoms with van der Waals surface area (Å²) in [5.74, 6) is -0.637. The van der Waals surface area contributed by atoms with Crippen LogP contribution in [0.25, 0.3) is 6.08 Å². The van der Waals surface area contributed by atoms with Gasteiger partial charge in [0.2, 0.25) is 5.91 Å². The molecule has 0 bridgehead atoms. The van der Waals surface area contributed by atoms with Crippen molar-refractivity contribution in [1.82, 2.24) is 0 Å². The number of carbonyl (C=O) groups excluding carboxylic acids is 2. The Hall–Kier alpha value is -2.88. The number of hydrogen-bond donors (Lipinski definition) is 1. The van der Waals surface area contributed by atoms with Crippen LogP contribution in [0.2, 0.25) is 0 Å². The van der Waals surface area contributed by atoms with Crippen molar-refractivity contribution >= 4 is 23.6 Å². The van der Waals surface area contributed by atoms with Crippen molar-refractivity contribution in [1.29, 1.82) is 0 Å². The lowest BCUT2D eigenvalue weighted by atomic mass is 10.2. The van der Waals surface area contributed by atoms with E-state index in [0.29, 0.717) is 11.3 Å². The van der Waals surface area contributed by atoms with E-state index in [1.54, 1.807) is 30.3 Å². The molecule has 1 amide bonds. The third-order valence-corrected chi connectivity index (χ3v) is 2.80. The first-order valence-corrected chi connectivity index (χ1v) is 6.41. The summed E-state index contributed by atoms with van der Waals surface area (Å²) in [6.45, 7) is 0. The fraction of sp³-hybridized carbons (Fsp3) is 0.0588. The number of nitrogens with one attached hydrogen (secondary N) is 1. The van der Waals surface area contributed by atoms with Crippen LogP contribution < -0.4 is 5.32 Å². The molecular weight excluding hydrogens is 266 g/mol. The molecule has 21 heavy (non-hydrogen) atoms. The molecule has 106 valence electrons. The van der Waals surface area contributed by atoms with Gasteiger partial charge in [-0.3, -0.25) is 4.79 Å². The van der Waals surface area contributed by atoms with Gasteiger partial charge in [0.15, 0.2) is 0 Å². The Bertz CT molecular complexity index is 645. The van der Waals surface area contributed by atoms with E-state index < -0.39 is 5.97 Å². The van der Waals surface area contributed by atoms with Gasteiger partial charge >= 0.3 is 5.97 Å². The lowest BCUT2D eigenvalue weighted by molar-refractivity contribution is -0.111. The van der Waals surface area contributed by atoms with Gasteiger partial charge in [-0.15, -0.1) is 0 Å². The summed E-state index contributed by atoms with van der Waals surface area (Å²) in [6, 6.07) is 16.1. The average Bonchev–Trinajstić information content (AvgIpc) is 2.54. The number of amides is 1. The SMILES string of the molecule is COC(=O)c1ccc(NC(=O)/C=C/c2ccccc2)cc1. The molecule has 0 saturated heterocycles. The maximum absolute atomic E-state index is 11.8. The summed E-state index contributed by atoms with van der Waals surface area (Å²) in [6.07, 6.45) is 3.20. The lowest BCUT2D eigenvalue weighted by Crippen LogP contribution is -2.08. The zero-order valence-electron chi connectivity index (χ0n) is 11.6. The van der Waals surface area contributed by atoms with E-state index in [0.717, 1.165) is 5.56 Å². The maximum Gasteiger partial charge on any atom is 0.337 e. The van der Waals surface area contributed by atoms with Crippen LogP contribution in [0, 0.1) is 0 Å². The molecule has 0 aliphatic heterocycles. The van der Waals surface area contributed by atoms with E-state index in [-0.39, 0.29) is 5.91 Å². The number of methoxy groups -OCH3 is 1. The number of hydrogen-bond acceptors (Lipinski definition) is 3. The third kappa shape index (κ3) is 4.31. The van der Waals surface area contributed by atoms with Crippen molar-refractivity contribution in [3.8, 4) is 0 Å².